The van der Waals surface area contributed by atoms with Gasteiger partial charge in [0.05, 0.1) is 17.7 Å². The quantitative estimate of drug-likeness (QED) is 0.853. The number of rotatable bonds is 4. The Labute approximate surface area is 129 Å². The Morgan fingerprint density at radius 1 is 1.24 bits per heavy atom. The summed E-state index contributed by atoms with van der Waals surface area (Å²) in [4.78, 5) is 11.6. The lowest BCUT2D eigenvalue weighted by Gasteiger charge is -2.12. The van der Waals surface area contributed by atoms with Gasteiger partial charge in [-0.15, -0.1) is 0 Å². The average molecular weight is 304 g/mol. The van der Waals surface area contributed by atoms with Crippen molar-refractivity contribution < 1.29 is 9.53 Å². The van der Waals surface area contributed by atoms with Crippen molar-refractivity contribution in [3.8, 4) is 0 Å². The van der Waals surface area contributed by atoms with Crippen LogP contribution in [0.5, 0.6) is 0 Å². The lowest BCUT2D eigenvalue weighted by atomic mass is 10.0. The molecule has 0 aliphatic carbocycles. The summed E-state index contributed by atoms with van der Waals surface area (Å²) in [7, 11) is 1.34. The number of esters is 1. The maximum atomic E-state index is 11.6. The molecule has 21 heavy (non-hydrogen) atoms. The van der Waals surface area contributed by atoms with Gasteiger partial charge in [-0.25, -0.2) is 4.79 Å². The topological polar surface area (TPSA) is 38.3 Å². The first-order valence-electron chi connectivity index (χ1n) is 6.69. The molecule has 0 heterocycles. The van der Waals surface area contributed by atoms with Crippen LogP contribution in [0, 0.1) is 13.8 Å². The maximum absolute atomic E-state index is 11.6. The number of hydrogen-bond acceptors (Lipinski definition) is 3. The number of hydrogen-bond donors (Lipinski definition) is 1. The molecule has 0 unspecified atom stereocenters. The Balaban J connectivity index is 2.17. The lowest BCUT2D eigenvalue weighted by Crippen LogP contribution is -2.05. The number of aryl methyl sites for hydroxylation is 1. The molecular formula is C17H18ClNO2. The fraction of sp³-hybridized carbons (Fsp3) is 0.235. The normalized spacial score (nSPS) is 10.3. The van der Waals surface area contributed by atoms with Gasteiger partial charge in [0.1, 0.15) is 0 Å². The zero-order chi connectivity index (χ0) is 15.4. The number of anilines is 1. The maximum Gasteiger partial charge on any atom is 0.339 e. The molecule has 0 amide bonds. The van der Waals surface area contributed by atoms with E-state index in [1.165, 1.54) is 23.8 Å². The number of ether oxygens (including phenoxy) is 1. The van der Waals surface area contributed by atoms with Crippen molar-refractivity contribution in [2.24, 2.45) is 0 Å². The number of halogens is 1. The third-order valence-corrected chi connectivity index (χ3v) is 3.90. The van der Waals surface area contributed by atoms with Gasteiger partial charge in [0.25, 0.3) is 0 Å². The summed E-state index contributed by atoms with van der Waals surface area (Å²) in [5, 5.41) is 3.70. The standard InChI is InChI=1S/C17H18ClNO2/c1-11-5-4-6-13(12(11)2)10-19-14-7-8-16(18)15(9-14)17(20)21-3/h4-9,19H,10H2,1-3H3. The largest absolute Gasteiger partial charge is 0.465 e. The van der Waals surface area contributed by atoms with Crippen LogP contribution in [0.1, 0.15) is 27.0 Å². The van der Waals surface area contributed by atoms with Crippen molar-refractivity contribution >= 4 is 23.3 Å². The van der Waals surface area contributed by atoms with Crippen molar-refractivity contribution in [2.45, 2.75) is 20.4 Å². The highest BCUT2D eigenvalue weighted by Gasteiger charge is 2.11. The van der Waals surface area contributed by atoms with Crippen molar-refractivity contribution in [3.63, 3.8) is 0 Å². The molecule has 1 N–H and O–H groups in total. The summed E-state index contributed by atoms with van der Waals surface area (Å²) in [6.07, 6.45) is 0. The van der Waals surface area contributed by atoms with E-state index < -0.39 is 5.97 Å². The lowest BCUT2D eigenvalue weighted by molar-refractivity contribution is 0.0601. The number of methoxy groups -OCH3 is 1. The second kappa shape index (κ2) is 6.64. The Hall–Kier alpha value is -2.00. The van der Waals surface area contributed by atoms with E-state index in [0.29, 0.717) is 17.1 Å². The van der Waals surface area contributed by atoms with Crippen molar-refractivity contribution in [3.05, 3.63) is 63.7 Å². The van der Waals surface area contributed by atoms with Crippen LogP contribution in [0.25, 0.3) is 0 Å². The first-order chi connectivity index (χ1) is 10.0. The van der Waals surface area contributed by atoms with Crippen molar-refractivity contribution in [2.75, 3.05) is 12.4 Å². The molecule has 0 aliphatic rings. The van der Waals surface area contributed by atoms with Gasteiger partial charge in [0.2, 0.25) is 0 Å². The average Bonchev–Trinajstić information content (AvgIpc) is 2.49. The molecule has 0 saturated heterocycles. The second-order valence-electron chi connectivity index (χ2n) is 4.90. The molecule has 0 fully saturated rings. The van der Waals surface area contributed by atoms with Crippen LogP contribution in [0.15, 0.2) is 36.4 Å². The van der Waals surface area contributed by atoms with E-state index in [9.17, 15) is 4.79 Å². The van der Waals surface area contributed by atoms with Crippen LogP contribution >= 0.6 is 11.6 Å². The highest BCUT2D eigenvalue weighted by molar-refractivity contribution is 6.33. The van der Waals surface area contributed by atoms with Crippen LogP contribution in [0.2, 0.25) is 5.02 Å². The third-order valence-electron chi connectivity index (χ3n) is 3.57. The fourth-order valence-electron chi connectivity index (χ4n) is 2.10. The zero-order valence-electron chi connectivity index (χ0n) is 12.4. The van der Waals surface area contributed by atoms with E-state index >= 15 is 0 Å². The molecule has 0 radical (unpaired) electrons. The van der Waals surface area contributed by atoms with E-state index in [1.807, 2.05) is 12.1 Å². The molecule has 3 nitrogen and oxygen atoms in total. The molecule has 0 saturated carbocycles. The smallest absolute Gasteiger partial charge is 0.339 e. The Morgan fingerprint density at radius 2 is 2.00 bits per heavy atom. The van der Waals surface area contributed by atoms with Crippen molar-refractivity contribution in [1.29, 1.82) is 0 Å². The molecule has 4 heteroatoms. The first-order valence-corrected chi connectivity index (χ1v) is 7.07. The van der Waals surface area contributed by atoms with Gasteiger partial charge in [-0.3, -0.25) is 0 Å². The van der Waals surface area contributed by atoms with E-state index in [-0.39, 0.29) is 0 Å². The molecule has 2 rings (SSSR count). The molecule has 2 aromatic rings. The highest BCUT2D eigenvalue weighted by atomic mass is 35.5. The van der Waals surface area contributed by atoms with Crippen LogP contribution in [0.3, 0.4) is 0 Å². The van der Waals surface area contributed by atoms with E-state index in [2.05, 4.69) is 31.3 Å². The fourth-order valence-corrected chi connectivity index (χ4v) is 2.30. The first kappa shape index (κ1) is 15.4. The van der Waals surface area contributed by atoms with Gasteiger partial charge in [-0.1, -0.05) is 29.8 Å². The predicted octanol–water partition coefficient (Wildman–Crippen LogP) is 4.36. The van der Waals surface area contributed by atoms with Gasteiger partial charge >= 0.3 is 5.97 Å². The molecular weight excluding hydrogens is 286 g/mol. The monoisotopic (exact) mass is 303 g/mol. The molecule has 0 spiro atoms. The van der Waals surface area contributed by atoms with Gasteiger partial charge in [-0.2, -0.15) is 0 Å². The molecule has 110 valence electrons. The molecule has 2 aromatic carbocycles. The second-order valence-corrected chi connectivity index (χ2v) is 5.31. The molecule has 0 bridgehead atoms. The Kier molecular flexibility index (Phi) is 4.86. The minimum atomic E-state index is -0.435. The SMILES string of the molecule is COC(=O)c1cc(NCc2cccc(C)c2C)ccc1Cl. The van der Waals surface area contributed by atoms with E-state index in [0.717, 1.165) is 5.69 Å². The Bertz CT molecular complexity index is 668. The highest BCUT2D eigenvalue weighted by Crippen LogP contribution is 2.22. The summed E-state index contributed by atoms with van der Waals surface area (Å²) in [5.41, 5.74) is 4.96. The third kappa shape index (κ3) is 3.56. The number of benzene rings is 2. The van der Waals surface area contributed by atoms with Gasteiger partial charge in [0.15, 0.2) is 0 Å². The summed E-state index contributed by atoms with van der Waals surface area (Å²) >= 11 is 6.00. The van der Waals surface area contributed by atoms with Crippen LogP contribution in [-0.2, 0) is 11.3 Å². The van der Waals surface area contributed by atoms with Gasteiger partial charge < -0.3 is 10.1 Å². The number of carbonyl (C=O) groups excluding carboxylic acids is 1. The predicted molar refractivity (Wildman–Crippen MR) is 86.0 cm³/mol. The zero-order valence-corrected chi connectivity index (χ0v) is 13.1. The Morgan fingerprint density at radius 3 is 2.71 bits per heavy atom. The van der Waals surface area contributed by atoms with E-state index in [4.69, 9.17) is 16.3 Å². The van der Waals surface area contributed by atoms with Crippen molar-refractivity contribution in [1.82, 2.24) is 0 Å². The van der Waals surface area contributed by atoms with Gasteiger partial charge in [0, 0.05) is 12.2 Å². The van der Waals surface area contributed by atoms with Crippen LogP contribution < -0.4 is 5.32 Å². The molecule has 0 aliphatic heterocycles. The van der Waals surface area contributed by atoms with Gasteiger partial charge in [-0.05, 0) is 48.7 Å². The minimum absolute atomic E-state index is 0.366. The number of carbonyl (C=O) groups is 1. The molecule has 0 aromatic heterocycles. The molecule has 0 atom stereocenters. The van der Waals surface area contributed by atoms with Crippen LogP contribution in [0.4, 0.5) is 5.69 Å². The minimum Gasteiger partial charge on any atom is -0.465 e. The summed E-state index contributed by atoms with van der Waals surface area (Å²) < 4.78 is 4.72. The number of nitrogens with one attached hydrogen (secondary N) is 1. The van der Waals surface area contributed by atoms with Crippen LogP contribution in [-0.4, -0.2) is 13.1 Å². The summed E-state index contributed by atoms with van der Waals surface area (Å²) in [5.74, 6) is -0.435. The summed E-state index contributed by atoms with van der Waals surface area (Å²) in [6.45, 7) is 4.89. The summed E-state index contributed by atoms with van der Waals surface area (Å²) in [6, 6.07) is 11.5. The van der Waals surface area contributed by atoms with E-state index in [1.54, 1.807) is 12.1 Å².